The summed E-state index contributed by atoms with van der Waals surface area (Å²) in [5.74, 6) is -2.44. The predicted octanol–water partition coefficient (Wildman–Crippen LogP) is 3.00. The second-order valence-corrected chi connectivity index (χ2v) is 8.01. The molecule has 0 unspecified atom stereocenters. The molecule has 8 heteroatoms. The molecule has 138 valence electrons. The van der Waals surface area contributed by atoms with Crippen molar-refractivity contribution in [2.45, 2.75) is 17.7 Å². The predicted molar refractivity (Wildman–Crippen MR) is 92.9 cm³/mol. The van der Waals surface area contributed by atoms with Crippen LogP contribution in [0.1, 0.15) is 12.8 Å². The monoisotopic (exact) mass is 380 g/mol. The highest BCUT2D eigenvalue weighted by Gasteiger charge is 2.33. The van der Waals surface area contributed by atoms with Crippen LogP contribution < -0.4 is 5.32 Å². The molecule has 0 aliphatic carbocycles. The number of nitrogens with one attached hydrogen (secondary N) is 1. The van der Waals surface area contributed by atoms with Crippen LogP contribution in [0.2, 0.25) is 0 Å². The Kier molecular flexibility index (Phi) is 5.33. The van der Waals surface area contributed by atoms with Gasteiger partial charge in [0.15, 0.2) is 0 Å². The minimum atomic E-state index is -4.06. The molecule has 3 rings (SSSR count). The largest absolute Gasteiger partial charge is 0.326 e. The molecule has 1 N–H and O–H groups in total. The molecule has 1 amide bonds. The number of amides is 1. The van der Waals surface area contributed by atoms with Gasteiger partial charge in [-0.2, -0.15) is 4.31 Å². The smallest absolute Gasteiger partial charge is 0.245 e. The molecule has 0 atom stereocenters. The molecular weight excluding hydrogens is 362 g/mol. The van der Waals surface area contributed by atoms with Crippen LogP contribution in [-0.4, -0.2) is 31.7 Å². The average molecular weight is 380 g/mol. The van der Waals surface area contributed by atoms with E-state index >= 15 is 0 Å². The van der Waals surface area contributed by atoms with Gasteiger partial charge in [-0.3, -0.25) is 4.79 Å². The number of para-hydroxylation sites is 1. The van der Waals surface area contributed by atoms with Crippen LogP contribution in [0.25, 0.3) is 0 Å². The lowest BCUT2D eigenvalue weighted by Gasteiger charge is -2.30. The van der Waals surface area contributed by atoms with E-state index in [0.29, 0.717) is 24.6 Å². The van der Waals surface area contributed by atoms with E-state index in [2.05, 4.69) is 5.32 Å². The quantitative estimate of drug-likeness (QED) is 0.887. The lowest BCUT2D eigenvalue weighted by atomic mass is 9.97. The van der Waals surface area contributed by atoms with E-state index in [0.717, 1.165) is 16.4 Å². The first kappa shape index (κ1) is 18.5. The zero-order valence-corrected chi connectivity index (χ0v) is 14.7. The van der Waals surface area contributed by atoms with Crippen molar-refractivity contribution < 1.29 is 22.0 Å². The number of hydrogen-bond acceptors (Lipinski definition) is 3. The van der Waals surface area contributed by atoms with Crippen LogP contribution in [0, 0.1) is 17.6 Å². The number of hydrogen-bond donors (Lipinski definition) is 1. The molecule has 0 saturated carbocycles. The van der Waals surface area contributed by atoms with Gasteiger partial charge in [-0.15, -0.1) is 0 Å². The number of piperidine rings is 1. The minimum absolute atomic E-state index is 0.103. The maximum absolute atomic E-state index is 13.8. The number of sulfonamides is 1. The van der Waals surface area contributed by atoms with Crippen molar-refractivity contribution in [2.24, 2.45) is 5.92 Å². The number of anilines is 1. The second kappa shape index (κ2) is 7.51. The van der Waals surface area contributed by atoms with Crippen molar-refractivity contribution in [1.82, 2.24) is 4.31 Å². The molecule has 0 bridgehead atoms. The Morgan fingerprint density at radius 3 is 2.31 bits per heavy atom. The van der Waals surface area contributed by atoms with Gasteiger partial charge < -0.3 is 5.32 Å². The van der Waals surface area contributed by atoms with Crippen LogP contribution in [0.4, 0.5) is 14.5 Å². The summed E-state index contributed by atoms with van der Waals surface area (Å²) < 4.78 is 53.1. The number of rotatable bonds is 4. The highest BCUT2D eigenvalue weighted by molar-refractivity contribution is 7.89. The lowest BCUT2D eigenvalue weighted by Crippen LogP contribution is -2.41. The Bertz CT molecular complexity index is 896. The van der Waals surface area contributed by atoms with Gasteiger partial charge in [-0.25, -0.2) is 17.2 Å². The third kappa shape index (κ3) is 3.91. The van der Waals surface area contributed by atoms with E-state index in [1.807, 2.05) is 18.2 Å². The maximum atomic E-state index is 13.8. The first-order valence-electron chi connectivity index (χ1n) is 8.19. The molecule has 26 heavy (non-hydrogen) atoms. The molecule has 0 radical (unpaired) electrons. The van der Waals surface area contributed by atoms with Gasteiger partial charge in [0.2, 0.25) is 15.9 Å². The zero-order valence-electron chi connectivity index (χ0n) is 13.9. The van der Waals surface area contributed by atoms with E-state index in [4.69, 9.17) is 0 Å². The van der Waals surface area contributed by atoms with Crippen LogP contribution in [0.3, 0.4) is 0 Å². The summed E-state index contributed by atoms with van der Waals surface area (Å²) in [4.78, 5) is 11.8. The van der Waals surface area contributed by atoms with Gasteiger partial charge in [0, 0.05) is 30.8 Å². The molecular formula is C18H18F2N2O3S. The Labute approximate surface area is 150 Å². The maximum Gasteiger partial charge on any atom is 0.245 e. The summed E-state index contributed by atoms with van der Waals surface area (Å²) in [6.45, 7) is 0.206. The Morgan fingerprint density at radius 2 is 1.69 bits per heavy atom. The third-order valence-corrected chi connectivity index (χ3v) is 6.31. The summed E-state index contributed by atoms with van der Waals surface area (Å²) in [6.07, 6.45) is 0.668. The SMILES string of the molecule is O=C(Nc1ccccc1)C1CCN(S(=O)(=O)c2ccc(F)cc2F)CC1. The van der Waals surface area contributed by atoms with Gasteiger partial charge in [0.25, 0.3) is 0 Å². The van der Waals surface area contributed by atoms with Crippen molar-refractivity contribution in [3.63, 3.8) is 0 Å². The van der Waals surface area contributed by atoms with Crippen LogP contribution in [0.5, 0.6) is 0 Å². The second-order valence-electron chi connectivity index (χ2n) is 6.11. The third-order valence-electron chi connectivity index (χ3n) is 4.38. The summed E-state index contributed by atoms with van der Waals surface area (Å²) in [5.41, 5.74) is 0.681. The van der Waals surface area contributed by atoms with Crippen molar-refractivity contribution in [3.05, 3.63) is 60.2 Å². The number of carbonyl (C=O) groups excluding carboxylic acids is 1. The Morgan fingerprint density at radius 1 is 1.04 bits per heavy atom. The van der Waals surface area contributed by atoms with E-state index in [-0.39, 0.29) is 24.9 Å². The zero-order chi connectivity index (χ0) is 18.7. The summed E-state index contributed by atoms with van der Waals surface area (Å²) in [5, 5.41) is 2.80. The standard InChI is InChI=1S/C18H18F2N2O3S/c19-14-6-7-17(16(20)12-14)26(24,25)22-10-8-13(9-11-22)18(23)21-15-4-2-1-3-5-15/h1-7,12-13H,8-11H2,(H,21,23). The molecule has 2 aromatic rings. The Balaban J connectivity index is 1.65. The molecule has 1 aliphatic rings. The van der Waals surface area contributed by atoms with E-state index in [1.165, 1.54) is 0 Å². The average Bonchev–Trinajstić information content (AvgIpc) is 2.62. The number of halogens is 2. The highest BCUT2D eigenvalue weighted by atomic mass is 32.2. The fraction of sp³-hybridized carbons (Fsp3) is 0.278. The van der Waals surface area contributed by atoms with E-state index in [9.17, 15) is 22.0 Å². The normalized spacial score (nSPS) is 16.4. The first-order chi connectivity index (χ1) is 12.4. The summed E-state index contributed by atoms with van der Waals surface area (Å²) in [6, 6.07) is 11.4. The molecule has 1 aliphatic heterocycles. The summed E-state index contributed by atoms with van der Waals surface area (Å²) >= 11 is 0. The van der Waals surface area contributed by atoms with E-state index in [1.54, 1.807) is 12.1 Å². The fourth-order valence-corrected chi connectivity index (χ4v) is 4.46. The number of benzene rings is 2. The molecule has 1 heterocycles. The van der Waals surface area contributed by atoms with Crippen molar-refractivity contribution in [1.29, 1.82) is 0 Å². The highest BCUT2D eigenvalue weighted by Crippen LogP contribution is 2.26. The molecule has 5 nitrogen and oxygen atoms in total. The van der Waals surface area contributed by atoms with Crippen LogP contribution in [0.15, 0.2) is 53.4 Å². The first-order valence-corrected chi connectivity index (χ1v) is 9.63. The molecule has 0 aromatic heterocycles. The van der Waals surface area contributed by atoms with Crippen molar-refractivity contribution in [3.8, 4) is 0 Å². The minimum Gasteiger partial charge on any atom is -0.326 e. The number of carbonyl (C=O) groups is 1. The topological polar surface area (TPSA) is 66.5 Å². The number of nitrogens with zero attached hydrogens (tertiary/aromatic N) is 1. The molecule has 0 spiro atoms. The van der Waals surface area contributed by atoms with Crippen molar-refractivity contribution >= 4 is 21.6 Å². The molecule has 1 fully saturated rings. The summed E-state index contributed by atoms with van der Waals surface area (Å²) in [7, 11) is -4.06. The van der Waals surface area contributed by atoms with Gasteiger partial charge in [0.1, 0.15) is 16.5 Å². The van der Waals surface area contributed by atoms with Gasteiger partial charge >= 0.3 is 0 Å². The molecule has 2 aromatic carbocycles. The van der Waals surface area contributed by atoms with Gasteiger partial charge in [-0.05, 0) is 37.1 Å². The fourth-order valence-electron chi connectivity index (χ4n) is 2.95. The van der Waals surface area contributed by atoms with Crippen LogP contribution in [-0.2, 0) is 14.8 Å². The Hall–Kier alpha value is -2.32. The van der Waals surface area contributed by atoms with Crippen LogP contribution >= 0.6 is 0 Å². The molecule has 1 saturated heterocycles. The lowest BCUT2D eigenvalue weighted by molar-refractivity contribution is -0.120. The van der Waals surface area contributed by atoms with Gasteiger partial charge in [0.05, 0.1) is 0 Å². The van der Waals surface area contributed by atoms with Gasteiger partial charge in [-0.1, -0.05) is 18.2 Å². The van der Waals surface area contributed by atoms with Crippen molar-refractivity contribution in [2.75, 3.05) is 18.4 Å². The van der Waals surface area contributed by atoms with E-state index < -0.39 is 26.6 Å².